The quantitative estimate of drug-likeness (QED) is 0.909. The van der Waals surface area contributed by atoms with Gasteiger partial charge in [-0.25, -0.2) is 0 Å². The van der Waals surface area contributed by atoms with Crippen molar-refractivity contribution in [1.82, 2.24) is 9.88 Å². The third-order valence-corrected chi connectivity index (χ3v) is 4.39. The zero-order valence-electron chi connectivity index (χ0n) is 11.1. The number of pyridine rings is 1. The molecule has 1 fully saturated rings. The smallest absolute Gasteiger partial charge is 0.255 e. The summed E-state index contributed by atoms with van der Waals surface area (Å²) >= 11 is 1.67. The van der Waals surface area contributed by atoms with E-state index < -0.39 is 0 Å². The minimum Gasteiger partial charge on any atom is -0.310 e. The van der Waals surface area contributed by atoms with Crippen molar-refractivity contribution in [2.75, 3.05) is 0 Å². The molecule has 1 aliphatic carbocycles. The van der Waals surface area contributed by atoms with Gasteiger partial charge < -0.3 is 9.88 Å². The molecule has 0 aromatic carbocycles. The second-order valence-electron chi connectivity index (χ2n) is 4.93. The maximum Gasteiger partial charge on any atom is 0.255 e. The molecule has 0 unspecified atom stereocenters. The van der Waals surface area contributed by atoms with E-state index in [-0.39, 0.29) is 5.56 Å². The van der Waals surface area contributed by atoms with E-state index in [2.05, 4.69) is 17.4 Å². The van der Waals surface area contributed by atoms with Crippen LogP contribution >= 0.6 is 11.3 Å². The van der Waals surface area contributed by atoms with Gasteiger partial charge >= 0.3 is 0 Å². The summed E-state index contributed by atoms with van der Waals surface area (Å²) in [4.78, 5) is 13.6. The molecule has 0 radical (unpaired) electrons. The number of nitrogens with zero attached hydrogens (tertiary/aromatic N) is 1. The Hall–Kier alpha value is -1.39. The molecular weight excluding hydrogens is 256 g/mol. The lowest BCUT2D eigenvalue weighted by atomic mass is 10.2. The molecule has 2 aromatic heterocycles. The van der Waals surface area contributed by atoms with Crippen molar-refractivity contribution in [3.8, 4) is 10.6 Å². The monoisotopic (exact) mass is 274 g/mol. The molecule has 0 bridgehead atoms. The van der Waals surface area contributed by atoms with E-state index in [9.17, 15) is 4.79 Å². The van der Waals surface area contributed by atoms with Crippen LogP contribution in [0.25, 0.3) is 10.6 Å². The summed E-state index contributed by atoms with van der Waals surface area (Å²) in [6.45, 7) is 3.42. The second kappa shape index (κ2) is 5.31. The predicted octanol–water partition coefficient (Wildman–Crippen LogP) is 2.85. The molecular formula is C15H18N2OS. The van der Waals surface area contributed by atoms with Crippen LogP contribution in [0.15, 0.2) is 34.4 Å². The number of hydrogen-bond acceptors (Lipinski definition) is 3. The van der Waals surface area contributed by atoms with Crippen molar-refractivity contribution in [3.63, 3.8) is 0 Å². The third-order valence-electron chi connectivity index (χ3n) is 3.50. The van der Waals surface area contributed by atoms with Crippen LogP contribution in [0.4, 0.5) is 0 Å². The van der Waals surface area contributed by atoms with E-state index in [0.29, 0.717) is 19.1 Å². The van der Waals surface area contributed by atoms with Crippen molar-refractivity contribution >= 4 is 11.3 Å². The van der Waals surface area contributed by atoms with Crippen molar-refractivity contribution in [1.29, 1.82) is 0 Å². The Balaban J connectivity index is 1.94. The first kappa shape index (κ1) is 12.6. The Morgan fingerprint density at radius 1 is 1.37 bits per heavy atom. The Labute approximate surface area is 116 Å². The highest BCUT2D eigenvalue weighted by Gasteiger charge is 2.20. The average molecular weight is 274 g/mol. The summed E-state index contributed by atoms with van der Waals surface area (Å²) in [5.41, 5.74) is 2.04. The highest BCUT2D eigenvalue weighted by Crippen LogP contribution is 2.24. The molecule has 3 nitrogen and oxygen atoms in total. The first-order chi connectivity index (χ1) is 9.29. The Morgan fingerprint density at radius 3 is 2.84 bits per heavy atom. The Bertz CT molecular complexity index is 612. The number of aromatic nitrogens is 1. The van der Waals surface area contributed by atoms with Gasteiger partial charge in [0.1, 0.15) is 0 Å². The van der Waals surface area contributed by atoms with Gasteiger partial charge in [-0.05, 0) is 37.3 Å². The van der Waals surface area contributed by atoms with Crippen molar-refractivity contribution in [2.24, 2.45) is 0 Å². The van der Waals surface area contributed by atoms with Gasteiger partial charge in [-0.15, -0.1) is 11.3 Å². The number of rotatable bonds is 5. The summed E-state index contributed by atoms with van der Waals surface area (Å²) in [5, 5.41) is 5.45. The lowest BCUT2D eigenvalue weighted by Gasteiger charge is -2.12. The Morgan fingerprint density at radius 2 is 2.21 bits per heavy atom. The van der Waals surface area contributed by atoms with Crippen LogP contribution in [0, 0.1) is 0 Å². The fourth-order valence-corrected chi connectivity index (χ4v) is 3.01. The molecule has 0 atom stereocenters. The second-order valence-corrected chi connectivity index (χ2v) is 5.87. The molecule has 0 spiro atoms. The van der Waals surface area contributed by atoms with Crippen LogP contribution in [0.3, 0.4) is 0 Å². The summed E-state index contributed by atoms with van der Waals surface area (Å²) in [7, 11) is 0. The highest BCUT2D eigenvalue weighted by atomic mass is 32.1. The van der Waals surface area contributed by atoms with Crippen molar-refractivity contribution in [2.45, 2.75) is 38.9 Å². The number of nitrogens with one attached hydrogen (secondary N) is 1. The maximum atomic E-state index is 12.5. The topological polar surface area (TPSA) is 34.0 Å². The van der Waals surface area contributed by atoms with Gasteiger partial charge in [0, 0.05) is 24.7 Å². The first-order valence-corrected chi connectivity index (χ1v) is 7.67. The molecule has 19 heavy (non-hydrogen) atoms. The standard InChI is InChI=1S/C15H18N2OS/c1-2-17-13(14-4-3-9-19-14)8-5-11(15(17)18)10-16-12-6-7-12/h3-5,8-9,12,16H,2,6-7,10H2,1H3. The van der Waals surface area contributed by atoms with Crippen LogP contribution in [0.2, 0.25) is 0 Å². The minimum absolute atomic E-state index is 0.140. The molecule has 0 amide bonds. The number of hydrogen-bond donors (Lipinski definition) is 1. The highest BCUT2D eigenvalue weighted by molar-refractivity contribution is 7.13. The zero-order valence-corrected chi connectivity index (χ0v) is 11.9. The normalized spacial score (nSPS) is 14.8. The molecule has 0 saturated heterocycles. The molecule has 100 valence electrons. The summed E-state index contributed by atoms with van der Waals surface area (Å²) in [6, 6.07) is 8.76. The predicted molar refractivity (Wildman–Crippen MR) is 79.6 cm³/mol. The van der Waals surface area contributed by atoms with E-state index in [1.165, 1.54) is 12.8 Å². The molecule has 2 aromatic rings. The maximum absolute atomic E-state index is 12.5. The largest absolute Gasteiger partial charge is 0.310 e. The molecule has 1 saturated carbocycles. The van der Waals surface area contributed by atoms with Gasteiger partial charge in [0.05, 0.1) is 10.6 Å². The fourth-order valence-electron chi connectivity index (χ4n) is 2.25. The first-order valence-electron chi connectivity index (χ1n) is 6.79. The SMILES string of the molecule is CCn1c(-c2cccs2)ccc(CNC2CC2)c1=O. The van der Waals surface area contributed by atoms with Crippen LogP contribution < -0.4 is 10.9 Å². The lowest BCUT2D eigenvalue weighted by Crippen LogP contribution is -2.28. The zero-order chi connectivity index (χ0) is 13.2. The molecule has 0 aliphatic heterocycles. The minimum atomic E-state index is 0.140. The molecule has 2 heterocycles. The van der Waals surface area contributed by atoms with Gasteiger partial charge in [-0.1, -0.05) is 12.1 Å². The fraction of sp³-hybridized carbons (Fsp3) is 0.400. The molecule has 3 rings (SSSR count). The van der Waals surface area contributed by atoms with E-state index in [1.54, 1.807) is 11.3 Å². The molecule has 1 aliphatic rings. The summed E-state index contributed by atoms with van der Waals surface area (Å²) < 4.78 is 1.87. The molecule has 4 heteroatoms. The van der Waals surface area contributed by atoms with Crippen LogP contribution in [-0.4, -0.2) is 10.6 Å². The van der Waals surface area contributed by atoms with Crippen molar-refractivity contribution < 1.29 is 0 Å². The van der Waals surface area contributed by atoms with E-state index in [0.717, 1.165) is 16.1 Å². The summed E-state index contributed by atoms with van der Waals surface area (Å²) in [5.74, 6) is 0. The van der Waals surface area contributed by atoms with Crippen LogP contribution in [-0.2, 0) is 13.1 Å². The third kappa shape index (κ3) is 2.65. The van der Waals surface area contributed by atoms with Gasteiger partial charge in [-0.3, -0.25) is 4.79 Å². The lowest BCUT2D eigenvalue weighted by molar-refractivity contribution is 0.660. The number of thiophene rings is 1. The summed E-state index contributed by atoms with van der Waals surface area (Å²) in [6.07, 6.45) is 2.49. The van der Waals surface area contributed by atoms with Crippen LogP contribution in [0.1, 0.15) is 25.3 Å². The van der Waals surface area contributed by atoms with Gasteiger partial charge in [0.25, 0.3) is 5.56 Å². The van der Waals surface area contributed by atoms with E-state index >= 15 is 0 Å². The van der Waals surface area contributed by atoms with Gasteiger partial charge in [-0.2, -0.15) is 0 Å². The Kier molecular flexibility index (Phi) is 3.53. The van der Waals surface area contributed by atoms with E-state index in [4.69, 9.17) is 0 Å². The molecule has 1 N–H and O–H groups in total. The van der Waals surface area contributed by atoms with Gasteiger partial charge in [0.2, 0.25) is 0 Å². The van der Waals surface area contributed by atoms with E-state index in [1.807, 2.05) is 29.0 Å². The van der Waals surface area contributed by atoms with Crippen LogP contribution in [0.5, 0.6) is 0 Å². The van der Waals surface area contributed by atoms with Crippen molar-refractivity contribution in [3.05, 3.63) is 45.6 Å². The van der Waals surface area contributed by atoms with Gasteiger partial charge in [0.15, 0.2) is 0 Å². The average Bonchev–Trinajstić information content (AvgIpc) is 3.09.